The number of hydrogen-bond acceptors (Lipinski definition) is 3. The summed E-state index contributed by atoms with van der Waals surface area (Å²) in [7, 11) is 0. The topological polar surface area (TPSA) is 53.6 Å². The second-order valence-corrected chi connectivity index (χ2v) is 4.88. The normalized spacial score (nSPS) is 13.0. The van der Waals surface area contributed by atoms with E-state index >= 15 is 0 Å². The molecule has 0 saturated carbocycles. The third-order valence-electron chi connectivity index (χ3n) is 3.75. The molecule has 0 amide bonds. The average Bonchev–Trinajstić information content (AvgIpc) is 3.08. The lowest BCUT2D eigenvalue weighted by Gasteiger charge is -2.11. The Morgan fingerprint density at radius 2 is 2.05 bits per heavy atom. The highest BCUT2D eigenvalue weighted by atomic mass is 35.5. The molecule has 4 nitrogen and oxygen atoms in total. The number of nitrogens with one attached hydrogen (secondary N) is 2. The minimum absolute atomic E-state index is 0. The van der Waals surface area contributed by atoms with Crippen molar-refractivity contribution in [2.45, 2.75) is 19.3 Å². The minimum Gasteiger partial charge on any atom is -0.346 e. The van der Waals surface area contributed by atoms with E-state index in [0.29, 0.717) is 0 Å². The molecule has 0 spiro atoms. The molecule has 0 saturated heterocycles. The lowest BCUT2D eigenvalue weighted by molar-refractivity contribution is 0.912. The van der Waals surface area contributed by atoms with Crippen molar-refractivity contribution in [1.29, 1.82) is 0 Å². The van der Waals surface area contributed by atoms with Crippen molar-refractivity contribution in [3.8, 4) is 0 Å². The molecule has 2 N–H and O–H groups in total. The number of aromatic amines is 1. The first-order valence-electron chi connectivity index (χ1n) is 6.58. The van der Waals surface area contributed by atoms with E-state index in [2.05, 4.69) is 38.5 Å². The number of anilines is 2. The van der Waals surface area contributed by atoms with Crippen LogP contribution in [0.1, 0.15) is 17.5 Å². The minimum atomic E-state index is 0. The zero-order valence-electron chi connectivity index (χ0n) is 10.9. The second kappa shape index (κ2) is 5.13. The molecule has 4 rings (SSSR count). The third-order valence-corrected chi connectivity index (χ3v) is 3.75. The summed E-state index contributed by atoms with van der Waals surface area (Å²) in [6, 6.07) is 8.47. The quantitative estimate of drug-likeness (QED) is 0.756. The van der Waals surface area contributed by atoms with Crippen LogP contribution < -0.4 is 5.32 Å². The number of fused-ring (bicyclic) bond motifs is 2. The number of hydrogen-bond donors (Lipinski definition) is 2. The summed E-state index contributed by atoms with van der Waals surface area (Å²) >= 11 is 0. The van der Waals surface area contributed by atoms with E-state index in [0.717, 1.165) is 23.3 Å². The van der Waals surface area contributed by atoms with Crippen LogP contribution in [0.25, 0.3) is 11.0 Å². The van der Waals surface area contributed by atoms with E-state index in [1.807, 2.05) is 12.3 Å². The zero-order chi connectivity index (χ0) is 12.7. The van der Waals surface area contributed by atoms with Gasteiger partial charge in [-0.1, -0.05) is 12.1 Å². The van der Waals surface area contributed by atoms with Gasteiger partial charge in [0.2, 0.25) is 0 Å². The van der Waals surface area contributed by atoms with Gasteiger partial charge in [-0.05, 0) is 42.5 Å². The number of aryl methyl sites for hydroxylation is 1. The Balaban J connectivity index is 0.00000121. The predicted octanol–water partition coefficient (Wildman–Crippen LogP) is 3.61. The lowest BCUT2D eigenvalue weighted by atomic mass is 10.1. The zero-order valence-corrected chi connectivity index (χ0v) is 11.7. The fraction of sp³-hybridized carbons (Fsp3) is 0.200. The number of nitrogens with zero attached hydrogens (tertiary/aromatic N) is 2. The van der Waals surface area contributed by atoms with Crippen molar-refractivity contribution in [1.82, 2.24) is 15.0 Å². The monoisotopic (exact) mass is 286 g/mol. The van der Waals surface area contributed by atoms with Gasteiger partial charge < -0.3 is 10.3 Å². The van der Waals surface area contributed by atoms with Crippen LogP contribution in [0.5, 0.6) is 0 Å². The van der Waals surface area contributed by atoms with Gasteiger partial charge in [-0.25, -0.2) is 9.97 Å². The van der Waals surface area contributed by atoms with Crippen LogP contribution in [0.2, 0.25) is 0 Å². The van der Waals surface area contributed by atoms with E-state index in [-0.39, 0.29) is 12.4 Å². The van der Waals surface area contributed by atoms with Crippen molar-refractivity contribution in [2.75, 3.05) is 5.32 Å². The van der Waals surface area contributed by atoms with Crippen LogP contribution in [0.3, 0.4) is 0 Å². The van der Waals surface area contributed by atoms with Crippen molar-refractivity contribution in [2.24, 2.45) is 0 Å². The van der Waals surface area contributed by atoms with E-state index in [9.17, 15) is 0 Å². The van der Waals surface area contributed by atoms with E-state index in [1.165, 1.54) is 29.7 Å². The summed E-state index contributed by atoms with van der Waals surface area (Å²) < 4.78 is 0. The molecule has 1 aliphatic rings. The largest absolute Gasteiger partial charge is 0.346 e. The molecule has 0 fully saturated rings. The first-order chi connectivity index (χ1) is 9.42. The van der Waals surface area contributed by atoms with E-state index in [1.54, 1.807) is 6.33 Å². The van der Waals surface area contributed by atoms with Crippen molar-refractivity contribution >= 4 is 34.9 Å². The summed E-state index contributed by atoms with van der Waals surface area (Å²) in [5.41, 5.74) is 4.94. The van der Waals surface area contributed by atoms with Gasteiger partial charge in [0, 0.05) is 11.9 Å². The molecule has 20 heavy (non-hydrogen) atoms. The highest BCUT2D eigenvalue weighted by Crippen LogP contribution is 2.31. The molecule has 0 aliphatic heterocycles. The maximum absolute atomic E-state index is 4.36. The Morgan fingerprint density at radius 1 is 1.10 bits per heavy atom. The molecule has 1 aromatic carbocycles. The number of benzene rings is 1. The predicted molar refractivity (Wildman–Crippen MR) is 82.9 cm³/mol. The van der Waals surface area contributed by atoms with Gasteiger partial charge in [0.25, 0.3) is 0 Å². The Bertz CT molecular complexity index is 750. The standard InChI is InChI=1S/C15H14N4.ClH/c1-3-10-4-2-6-13(11(10)5-1)19-15-12-7-8-16-14(12)17-9-18-15;/h2,4,6-9H,1,3,5H2,(H2,16,17,18,19);1H. The number of rotatable bonds is 2. The lowest BCUT2D eigenvalue weighted by Crippen LogP contribution is -1.98. The SMILES string of the molecule is Cl.c1cc2c(c(Nc3ncnc4[nH]ccc34)c1)CCC2. The van der Waals surface area contributed by atoms with Gasteiger partial charge in [0.1, 0.15) is 17.8 Å². The Hall–Kier alpha value is -2.07. The molecule has 0 radical (unpaired) electrons. The van der Waals surface area contributed by atoms with Crippen molar-refractivity contribution in [3.05, 3.63) is 47.9 Å². The summed E-state index contributed by atoms with van der Waals surface area (Å²) in [5, 5.41) is 4.49. The first-order valence-corrected chi connectivity index (χ1v) is 6.58. The smallest absolute Gasteiger partial charge is 0.143 e. The highest BCUT2D eigenvalue weighted by molar-refractivity contribution is 5.89. The molecule has 2 aromatic heterocycles. The van der Waals surface area contributed by atoms with Gasteiger partial charge in [-0.2, -0.15) is 0 Å². The number of aromatic nitrogens is 3. The summed E-state index contributed by atoms with van der Waals surface area (Å²) in [6.45, 7) is 0. The molecular formula is C15H15ClN4. The maximum atomic E-state index is 4.36. The second-order valence-electron chi connectivity index (χ2n) is 4.88. The molecule has 0 unspecified atom stereocenters. The van der Waals surface area contributed by atoms with Gasteiger partial charge in [-0.15, -0.1) is 12.4 Å². The third kappa shape index (κ3) is 2.02. The van der Waals surface area contributed by atoms with E-state index in [4.69, 9.17) is 0 Å². The Labute approximate surface area is 123 Å². The van der Waals surface area contributed by atoms with Crippen LogP contribution in [0, 0.1) is 0 Å². The average molecular weight is 287 g/mol. The highest BCUT2D eigenvalue weighted by Gasteiger charge is 2.15. The van der Waals surface area contributed by atoms with Gasteiger partial charge in [-0.3, -0.25) is 0 Å². The molecule has 1 aliphatic carbocycles. The van der Waals surface area contributed by atoms with Gasteiger partial charge in [0.05, 0.1) is 5.39 Å². The molecular weight excluding hydrogens is 272 g/mol. The van der Waals surface area contributed by atoms with Crippen LogP contribution in [0.4, 0.5) is 11.5 Å². The summed E-state index contributed by atoms with van der Waals surface area (Å²) in [5.74, 6) is 0.867. The van der Waals surface area contributed by atoms with Crippen LogP contribution in [0.15, 0.2) is 36.8 Å². The molecule has 5 heteroatoms. The van der Waals surface area contributed by atoms with Crippen molar-refractivity contribution in [3.63, 3.8) is 0 Å². The molecule has 3 aromatic rings. The Kier molecular flexibility index (Phi) is 3.32. The number of halogens is 1. The molecule has 2 heterocycles. The Morgan fingerprint density at radius 3 is 3.00 bits per heavy atom. The molecule has 0 bridgehead atoms. The fourth-order valence-electron chi connectivity index (χ4n) is 2.84. The summed E-state index contributed by atoms with van der Waals surface area (Å²) in [6.07, 6.45) is 7.07. The number of H-pyrrole nitrogens is 1. The van der Waals surface area contributed by atoms with E-state index < -0.39 is 0 Å². The van der Waals surface area contributed by atoms with Crippen molar-refractivity contribution < 1.29 is 0 Å². The summed E-state index contributed by atoms with van der Waals surface area (Å²) in [4.78, 5) is 11.7. The van der Waals surface area contributed by atoms with Gasteiger partial charge in [0.15, 0.2) is 0 Å². The van der Waals surface area contributed by atoms with Crippen LogP contribution >= 0.6 is 12.4 Å². The van der Waals surface area contributed by atoms with Crippen LogP contribution in [-0.2, 0) is 12.8 Å². The maximum Gasteiger partial charge on any atom is 0.143 e. The van der Waals surface area contributed by atoms with Gasteiger partial charge >= 0.3 is 0 Å². The molecule has 0 atom stereocenters. The fourth-order valence-corrected chi connectivity index (χ4v) is 2.84. The van der Waals surface area contributed by atoms with Crippen LogP contribution in [-0.4, -0.2) is 15.0 Å². The molecule has 102 valence electrons. The first kappa shape index (κ1) is 12.9.